The van der Waals surface area contributed by atoms with Crippen LogP contribution in [0.5, 0.6) is 0 Å². The summed E-state index contributed by atoms with van der Waals surface area (Å²) in [6.07, 6.45) is 1.79. The summed E-state index contributed by atoms with van der Waals surface area (Å²) in [5, 5.41) is 7.61. The molecule has 22 heavy (non-hydrogen) atoms. The lowest BCUT2D eigenvalue weighted by Crippen LogP contribution is -1.89. The number of hydrogen-bond donors (Lipinski definition) is 0. The Hall–Kier alpha value is -3.00. The van der Waals surface area contributed by atoms with Crippen molar-refractivity contribution in [3.8, 4) is 0 Å². The molecule has 0 saturated heterocycles. The van der Waals surface area contributed by atoms with E-state index < -0.39 is 0 Å². The number of nitrogens with zero attached hydrogens (tertiary/aromatic N) is 1. The average molecular weight is 281 g/mol. The number of furan rings is 1. The summed E-state index contributed by atoms with van der Waals surface area (Å²) < 4.78 is 8.14. The number of para-hydroxylation sites is 1. The van der Waals surface area contributed by atoms with Gasteiger partial charge in [0, 0.05) is 21.5 Å². The summed E-state index contributed by atoms with van der Waals surface area (Å²) in [6, 6.07) is 21.6. The molecule has 0 aliphatic rings. The second kappa shape index (κ2) is 3.42. The summed E-state index contributed by atoms with van der Waals surface area (Å²) in [5.74, 6) is 0. The predicted molar refractivity (Wildman–Crippen MR) is 90.9 cm³/mol. The number of fused-ring (bicyclic) bond motifs is 6. The van der Waals surface area contributed by atoms with E-state index in [1.54, 1.807) is 6.26 Å². The number of hydrogen-bond acceptors (Lipinski definition) is 1. The van der Waals surface area contributed by atoms with Gasteiger partial charge in [-0.25, -0.2) is 0 Å². The minimum absolute atomic E-state index is 0.928. The van der Waals surface area contributed by atoms with Crippen molar-refractivity contribution >= 4 is 49.1 Å². The van der Waals surface area contributed by atoms with Gasteiger partial charge in [-0.15, -0.1) is 0 Å². The fourth-order valence-electron chi connectivity index (χ4n) is 3.94. The smallest absolute Gasteiger partial charge is 0.212 e. The number of rotatable bonds is 0. The normalized spacial score (nSPS) is 12.5. The fourth-order valence-corrected chi connectivity index (χ4v) is 3.94. The van der Waals surface area contributed by atoms with Crippen LogP contribution in [0.4, 0.5) is 0 Å². The van der Waals surface area contributed by atoms with Crippen molar-refractivity contribution in [2.45, 2.75) is 0 Å². The Balaban J connectivity index is 2.20. The van der Waals surface area contributed by atoms with Crippen LogP contribution < -0.4 is 0 Å². The Morgan fingerprint density at radius 2 is 1.59 bits per heavy atom. The highest BCUT2D eigenvalue weighted by Gasteiger charge is 2.18. The minimum Gasteiger partial charge on any atom is -0.447 e. The van der Waals surface area contributed by atoms with Crippen molar-refractivity contribution < 1.29 is 4.42 Å². The number of aromatic nitrogens is 1. The average Bonchev–Trinajstić information content (AvgIpc) is 3.17. The molecule has 2 heteroatoms. The van der Waals surface area contributed by atoms with E-state index in [4.69, 9.17) is 4.42 Å². The largest absolute Gasteiger partial charge is 0.447 e. The van der Waals surface area contributed by atoms with E-state index in [2.05, 4.69) is 65.1 Å². The number of benzene rings is 3. The molecule has 3 aromatic heterocycles. The Labute approximate surface area is 125 Å². The lowest BCUT2D eigenvalue weighted by Gasteiger charge is -2.08. The Morgan fingerprint density at radius 3 is 2.59 bits per heavy atom. The topological polar surface area (TPSA) is 17.6 Å². The van der Waals surface area contributed by atoms with Crippen LogP contribution in [-0.2, 0) is 0 Å². The standard InChI is InChI=1S/C20H11NO/c1-2-7-17-13(5-1)15-9-8-12-4-3-6-14-16-10-11-22-20(16)21(17)19(15)18(12)14/h1-11H. The Bertz CT molecular complexity index is 1320. The van der Waals surface area contributed by atoms with Gasteiger partial charge in [0.1, 0.15) is 0 Å². The molecular weight excluding hydrogens is 270 g/mol. The molecule has 0 spiro atoms. The van der Waals surface area contributed by atoms with E-state index in [0.717, 1.165) is 5.71 Å². The van der Waals surface area contributed by atoms with Crippen molar-refractivity contribution in [3.63, 3.8) is 0 Å². The van der Waals surface area contributed by atoms with Crippen molar-refractivity contribution in [1.82, 2.24) is 4.40 Å². The summed E-state index contributed by atoms with van der Waals surface area (Å²) in [5.41, 5.74) is 3.39. The third kappa shape index (κ3) is 1.03. The van der Waals surface area contributed by atoms with E-state index in [9.17, 15) is 0 Å². The van der Waals surface area contributed by atoms with Crippen LogP contribution in [-0.4, -0.2) is 4.40 Å². The SMILES string of the molecule is c1cc2ccc3c4ccccc4n4c5occc5c(c1)c2c34. The molecule has 0 N–H and O–H groups in total. The van der Waals surface area contributed by atoms with Gasteiger partial charge in [0.05, 0.1) is 17.3 Å². The van der Waals surface area contributed by atoms with E-state index >= 15 is 0 Å². The van der Waals surface area contributed by atoms with E-state index in [1.165, 1.54) is 43.4 Å². The van der Waals surface area contributed by atoms with Gasteiger partial charge in [-0.2, -0.15) is 0 Å². The summed E-state index contributed by atoms with van der Waals surface area (Å²) in [6.45, 7) is 0. The maximum atomic E-state index is 5.86. The highest BCUT2D eigenvalue weighted by molar-refractivity contribution is 6.27. The molecule has 0 atom stereocenters. The summed E-state index contributed by atoms with van der Waals surface area (Å²) in [4.78, 5) is 0. The number of pyridine rings is 1. The van der Waals surface area contributed by atoms with Crippen LogP contribution >= 0.6 is 0 Å². The third-order valence-corrected chi connectivity index (χ3v) is 4.81. The minimum atomic E-state index is 0.928. The van der Waals surface area contributed by atoms with Crippen molar-refractivity contribution in [2.75, 3.05) is 0 Å². The van der Waals surface area contributed by atoms with E-state index in [0.29, 0.717) is 0 Å². The monoisotopic (exact) mass is 281 g/mol. The van der Waals surface area contributed by atoms with Crippen LogP contribution in [0.3, 0.4) is 0 Å². The molecular formula is C20H11NO. The van der Waals surface area contributed by atoms with Crippen molar-refractivity contribution in [1.29, 1.82) is 0 Å². The molecule has 0 saturated carbocycles. The van der Waals surface area contributed by atoms with Gasteiger partial charge < -0.3 is 4.42 Å². The molecule has 0 aliphatic heterocycles. The predicted octanol–water partition coefficient (Wildman–Crippen LogP) is 5.58. The van der Waals surface area contributed by atoms with Crippen LogP contribution in [0.2, 0.25) is 0 Å². The maximum absolute atomic E-state index is 5.86. The van der Waals surface area contributed by atoms with E-state index in [1.807, 2.05) is 0 Å². The molecule has 102 valence electrons. The van der Waals surface area contributed by atoms with Crippen LogP contribution in [0.25, 0.3) is 49.1 Å². The van der Waals surface area contributed by atoms with Gasteiger partial charge in [-0.1, -0.05) is 48.5 Å². The van der Waals surface area contributed by atoms with Crippen LogP contribution in [0.15, 0.2) is 71.3 Å². The first-order valence-corrected chi connectivity index (χ1v) is 7.46. The Morgan fingerprint density at radius 1 is 0.682 bits per heavy atom. The molecule has 0 unspecified atom stereocenters. The molecule has 0 bridgehead atoms. The molecule has 0 aliphatic carbocycles. The van der Waals surface area contributed by atoms with Gasteiger partial charge in [0.2, 0.25) is 5.71 Å². The van der Waals surface area contributed by atoms with Crippen molar-refractivity contribution in [3.05, 3.63) is 66.9 Å². The maximum Gasteiger partial charge on any atom is 0.212 e. The third-order valence-electron chi connectivity index (χ3n) is 4.81. The van der Waals surface area contributed by atoms with Gasteiger partial charge in [0.15, 0.2) is 0 Å². The summed E-state index contributed by atoms with van der Waals surface area (Å²) >= 11 is 0. The van der Waals surface area contributed by atoms with Crippen LogP contribution in [0, 0.1) is 0 Å². The quantitative estimate of drug-likeness (QED) is 0.355. The van der Waals surface area contributed by atoms with Crippen molar-refractivity contribution in [2.24, 2.45) is 0 Å². The van der Waals surface area contributed by atoms with Gasteiger partial charge in [0.25, 0.3) is 0 Å². The zero-order valence-electron chi connectivity index (χ0n) is 11.7. The van der Waals surface area contributed by atoms with Gasteiger partial charge in [-0.3, -0.25) is 4.40 Å². The first-order valence-electron chi connectivity index (χ1n) is 7.46. The molecule has 6 rings (SSSR count). The highest BCUT2D eigenvalue weighted by Crippen LogP contribution is 2.40. The molecule has 6 aromatic rings. The zero-order valence-corrected chi connectivity index (χ0v) is 11.7. The molecule has 0 fully saturated rings. The fraction of sp³-hybridized carbons (Fsp3) is 0. The first-order chi connectivity index (χ1) is 10.9. The van der Waals surface area contributed by atoms with Gasteiger partial charge >= 0.3 is 0 Å². The second-order valence-corrected chi connectivity index (χ2v) is 5.86. The second-order valence-electron chi connectivity index (χ2n) is 5.86. The Kier molecular flexibility index (Phi) is 1.66. The first kappa shape index (κ1) is 10.7. The molecule has 3 aromatic carbocycles. The van der Waals surface area contributed by atoms with E-state index in [-0.39, 0.29) is 0 Å². The zero-order chi connectivity index (χ0) is 14.3. The lowest BCUT2D eigenvalue weighted by atomic mass is 10.0. The van der Waals surface area contributed by atoms with Gasteiger partial charge in [-0.05, 0) is 22.9 Å². The summed E-state index contributed by atoms with van der Waals surface area (Å²) in [7, 11) is 0. The highest BCUT2D eigenvalue weighted by atomic mass is 16.3. The molecule has 0 radical (unpaired) electrons. The van der Waals surface area contributed by atoms with Crippen LogP contribution in [0.1, 0.15) is 0 Å². The molecule has 2 nitrogen and oxygen atoms in total. The molecule has 3 heterocycles. The lowest BCUT2D eigenvalue weighted by molar-refractivity contribution is 0.600. The molecule has 0 amide bonds.